The second kappa shape index (κ2) is 14.2. The number of hydrogen-bond donors (Lipinski definition) is 1. The number of rotatable bonds is 12. The Morgan fingerprint density at radius 3 is 2.17 bits per heavy atom. The van der Waals surface area contributed by atoms with Crippen LogP contribution < -0.4 is 9.62 Å². The van der Waals surface area contributed by atoms with Crippen LogP contribution in [0.2, 0.25) is 15.1 Å². The molecule has 11 heteroatoms. The van der Waals surface area contributed by atoms with E-state index in [9.17, 15) is 18.0 Å². The summed E-state index contributed by atoms with van der Waals surface area (Å²) in [6, 6.07) is 18.0. The molecule has 3 aromatic carbocycles. The molecule has 0 aliphatic heterocycles. The van der Waals surface area contributed by atoms with Gasteiger partial charge in [0.1, 0.15) is 12.6 Å². The van der Waals surface area contributed by atoms with E-state index in [2.05, 4.69) is 5.32 Å². The highest BCUT2D eigenvalue weighted by atomic mass is 35.5. The van der Waals surface area contributed by atoms with Gasteiger partial charge in [0.2, 0.25) is 11.8 Å². The minimum atomic E-state index is -4.23. The first kappa shape index (κ1) is 31.7. The molecule has 1 unspecified atom stereocenters. The molecule has 0 spiro atoms. The zero-order valence-corrected chi connectivity index (χ0v) is 25.6. The smallest absolute Gasteiger partial charge is 0.264 e. The van der Waals surface area contributed by atoms with Crippen LogP contribution in [0.1, 0.15) is 32.8 Å². The molecule has 0 saturated heterocycles. The average Bonchev–Trinajstić information content (AvgIpc) is 2.91. The number of halogens is 3. The molecule has 0 heterocycles. The van der Waals surface area contributed by atoms with E-state index in [-0.39, 0.29) is 29.0 Å². The third kappa shape index (κ3) is 8.13. The largest absolute Gasteiger partial charge is 0.354 e. The number of benzene rings is 3. The van der Waals surface area contributed by atoms with Gasteiger partial charge in [0.15, 0.2) is 0 Å². The molecule has 0 aliphatic carbocycles. The number of sulfonamides is 1. The Kier molecular flexibility index (Phi) is 11.3. The maximum atomic E-state index is 14.0. The summed E-state index contributed by atoms with van der Waals surface area (Å²) in [5, 5.41) is 3.99. The monoisotopic (exact) mass is 623 g/mol. The Hall–Kier alpha value is -2.78. The van der Waals surface area contributed by atoms with Gasteiger partial charge in [-0.1, -0.05) is 79.8 Å². The second-order valence-electron chi connectivity index (χ2n) is 9.62. The highest BCUT2D eigenvalue weighted by Crippen LogP contribution is 2.28. The molecule has 40 heavy (non-hydrogen) atoms. The molecule has 0 bridgehead atoms. The zero-order valence-electron chi connectivity index (χ0n) is 22.5. The van der Waals surface area contributed by atoms with E-state index in [0.29, 0.717) is 33.6 Å². The number of anilines is 1. The van der Waals surface area contributed by atoms with Crippen LogP contribution in [0.15, 0.2) is 77.7 Å². The maximum absolute atomic E-state index is 14.0. The number of nitrogens with zero attached hydrogens (tertiary/aromatic N) is 2. The Bertz CT molecular complexity index is 1430. The van der Waals surface area contributed by atoms with Crippen molar-refractivity contribution in [2.75, 3.05) is 17.4 Å². The molecule has 214 valence electrons. The van der Waals surface area contributed by atoms with E-state index >= 15 is 0 Å². The fourth-order valence-corrected chi connectivity index (χ4v) is 5.96. The standard InChI is InChI=1S/C29H32Cl3N3O4S/c1-4-27(29(37)33-17-20(2)3)34(18-21-8-5-6-11-26(21)32)28(36)19-35(24-10-7-9-23(31)16-24)40(38,39)25-14-12-22(30)13-15-25/h5-16,20,27H,4,17-19H2,1-3H3,(H,33,37). The quantitative estimate of drug-likeness (QED) is 0.252. The van der Waals surface area contributed by atoms with Crippen molar-refractivity contribution in [3.05, 3.63) is 93.4 Å². The number of carbonyl (C=O) groups is 2. The number of nitrogens with one attached hydrogen (secondary N) is 1. The molecular formula is C29H32Cl3N3O4S. The van der Waals surface area contributed by atoms with Crippen molar-refractivity contribution in [2.24, 2.45) is 5.92 Å². The van der Waals surface area contributed by atoms with Crippen LogP contribution in [0, 0.1) is 5.92 Å². The van der Waals surface area contributed by atoms with Crippen LogP contribution in [0.5, 0.6) is 0 Å². The highest BCUT2D eigenvalue weighted by Gasteiger charge is 2.34. The second-order valence-corrected chi connectivity index (χ2v) is 12.8. The van der Waals surface area contributed by atoms with Crippen molar-refractivity contribution >= 4 is 62.3 Å². The van der Waals surface area contributed by atoms with Crippen molar-refractivity contribution in [3.8, 4) is 0 Å². The average molecular weight is 625 g/mol. The van der Waals surface area contributed by atoms with Crippen LogP contribution in [0.3, 0.4) is 0 Å². The third-order valence-corrected chi connectivity index (χ3v) is 8.79. The summed E-state index contributed by atoms with van der Waals surface area (Å²) >= 11 is 18.6. The molecule has 7 nitrogen and oxygen atoms in total. The van der Waals surface area contributed by atoms with Gasteiger partial charge in [0.25, 0.3) is 10.0 Å². The van der Waals surface area contributed by atoms with E-state index in [1.807, 2.05) is 13.8 Å². The summed E-state index contributed by atoms with van der Waals surface area (Å²) in [6.45, 7) is 5.60. The van der Waals surface area contributed by atoms with Crippen LogP contribution in [0.4, 0.5) is 5.69 Å². The van der Waals surface area contributed by atoms with Gasteiger partial charge in [-0.2, -0.15) is 0 Å². The van der Waals surface area contributed by atoms with Gasteiger partial charge in [-0.3, -0.25) is 13.9 Å². The van der Waals surface area contributed by atoms with Crippen molar-refractivity contribution in [1.29, 1.82) is 0 Å². The molecular weight excluding hydrogens is 593 g/mol. The van der Waals surface area contributed by atoms with Crippen molar-refractivity contribution in [1.82, 2.24) is 10.2 Å². The Morgan fingerprint density at radius 2 is 1.57 bits per heavy atom. The van der Waals surface area contributed by atoms with Gasteiger partial charge in [-0.05, 0) is 66.4 Å². The molecule has 3 rings (SSSR count). The summed E-state index contributed by atoms with van der Waals surface area (Å²) in [6.07, 6.45) is 0.307. The highest BCUT2D eigenvalue weighted by molar-refractivity contribution is 7.92. The molecule has 0 fully saturated rings. The topological polar surface area (TPSA) is 86.8 Å². The number of carbonyl (C=O) groups excluding carboxylic acids is 2. The van der Waals surface area contributed by atoms with E-state index in [0.717, 1.165) is 4.31 Å². The molecule has 2 amide bonds. The molecule has 0 saturated carbocycles. The first-order valence-electron chi connectivity index (χ1n) is 12.8. The van der Waals surface area contributed by atoms with Crippen LogP contribution in [0.25, 0.3) is 0 Å². The lowest BCUT2D eigenvalue weighted by molar-refractivity contribution is -0.140. The SMILES string of the molecule is CCC(C(=O)NCC(C)C)N(Cc1ccccc1Cl)C(=O)CN(c1cccc(Cl)c1)S(=O)(=O)c1ccc(Cl)cc1. The van der Waals surface area contributed by atoms with Crippen LogP contribution in [-0.2, 0) is 26.2 Å². The van der Waals surface area contributed by atoms with Crippen LogP contribution in [-0.4, -0.2) is 44.3 Å². The number of amides is 2. The Balaban J connectivity index is 2.06. The van der Waals surface area contributed by atoms with Crippen molar-refractivity contribution in [3.63, 3.8) is 0 Å². The van der Waals surface area contributed by atoms with Gasteiger partial charge >= 0.3 is 0 Å². The molecule has 3 aromatic rings. The fraction of sp³-hybridized carbons (Fsp3) is 0.310. The summed E-state index contributed by atoms with van der Waals surface area (Å²) in [5.41, 5.74) is 0.827. The number of hydrogen-bond acceptors (Lipinski definition) is 4. The Labute approximate surface area is 251 Å². The normalized spacial score (nSPS) is 12.2. The van der Waals surface area contributed by atoms with E-state index in [1.54, 1.807) is 49.4 Å². The first-order valence-corrected chi connectivity index (χ1v) is 15.4. The summed E-state index contributed by atoms with van der Waals surface area (Å²) in [7, 11) is -4.23. The lowest BCUT2D eigenvalue weighted by Crippen LogP contribution is -2.52. The lowest BCUT2D eigenvalue weighted by atomic mass is 10.1. The maximum Gasteiger partial charge on any atom is 0.264 e. The summed E-state index contributed by atoms with van der Waals surface area (Å²) in [4.78, 5) is 28.6. The lowest BCUT2D eigenvalue weighted by Gasteiger charge is -2.33. The first-order chi connectivity index (χ1) is 18.9. The van der Waals surface area contributed by atoms with E-state index in [4.69, 9.17) is 34.8 Å². The third-order valence-electron chi connectivity index (χ3n) is 6.15. The molecule has 1 N–H and O–H groups in total. The predicted molar refractivity (Wildman–Crippen MR) is 161 cm³/mol. The molecule has 0 radical (unpaired) electrons. The fourth-order valence-electron chi connectivity index (χ4n) is 4.05. The zero-order chi connectivity index (χ0) is 29.4. The van der Waals surface area contributed by atoms with Crippen molar-refractivity contribution < 1.29 is 18.0 Å². The van der Waals surface area contributed by atoms with Gasteiger partial charge in [0.05, 0.1) is 10.6 Å². The van der Waals surface area contributed by atoms with Crippen molar-refractivity contribution in [2.45, 2.75) is 44.7 Å². The van der Waals surface area contributed by atoms with Gasteiger partial charge < -0.3 is 10.2 Å². The van der Waals surface area contributed by atoms with Gasteiger partial charge in [0, 0.05) is 28.2 Å². The van der Waals surface area contributed by atoms with Crippen LogP contribution >= 0.6 is 34.8 Å². The summed E-state index contributed by atoms with van der Waals surface area (Å²) < 4.78 is 28.7. The Morgan fingerprint density at radius 1 is 0.900 bits per heavy atom. The van der Waals surface area contributed by atoms with Gasteiger partial charge in [-0.25, -0.2) is 8.42 Å². The van der Waals surface area contributed by atoms with Gasteiger partial charge in [-0.15, -0.1) is 0 Å². The minimum Gasteiger partial charge on any atom is -0.354 e. The van der Waals surface area contributed by atoms with E-state index < -0.39 is 28.5 Å². The molecule has 0 aliphatic rings. The summed E-state index contributed by atoms with van der Waals surface area (Å²) in [5.74, 6) is -0.701. The minimum absolute atomic E-state index is 0.0104. The predicted octanol–water partition coefficient (Wildman–Crippen LogP) is 6.42. The van der Waals surface area contributed by atoms with E-state index in [1.165, 1.54) is 35.2 Å². The molecule has 0 aromatic heterocycles. The molecule has 1 atom stereocenters.